The second-order valence-electron chi connectivity index (χ2n) is 3.20. The van der Waals surface area contributed by atoms with E-state index < -0.39 is 0 Å². The van der Waals surface area contributed by atoms with Gasteiger partial charge in [0.2, 0.25) is 0 Å². The number of rotatable bonds is 5. The normalized spacial score (nSPS) is 9.43. The molecule has 0 saturated heterocycles. The molecule has 0 atom stereocenters. The lowest BCUT2D eigenvalue weighted by Gasteiger charge is -2.07. The Balaban J connectivity index is 2.46. The summed E-state index contributed by atoms with van der Waals surface area (Å²) >= 11 is 0. The van der Waals surface area contributed by atoms with Crippen LogP contribution in [0.4, 0.5) is 0 Å². The first-order valence-electron chi connectivity index (χ1n) is 5.07. The summed E-state index contributed by atoms with van der Waals surface area (Å²) in [5.41, 5.74) is 0.837. The largest absolute Gasteiger partial charge is 0.492 e. The van der Waals surface area contributed by atoms with Gasteiger partial charge < -0.3 is 4.74 Å². The highest BCUT2D eigenvalue weighted by Crippen LogP contribution is 2.16. The Labute approximate surface area is 86.1 Å². The average molecular weight is 188 g/mol. The van der Waals surface area contributed by atoms with Crippen molar-refractivity contribution >= 4 is 0 Å². The van der Waals surface area contributed by atoms with Crippen molar-refractivity contribution in [2.45, 2.75) is 26.2 Å². The van der Waals surface area contributed by atoms with Gasteiger partial charge in [-0.2, -0.15) is 0 Å². The predicted octanol–water partition coefficient (Wildman–Crippen LogP) is 3.24. The Kier molecular flexibility index (Phi) is 4.64. The molecule has 0 heterocycles. The van der Waals surface area contributed by atoms with E-state index in [1.807, 2.05) is 24.3 Å². The molecular formula is C13H16O. The van der Waals surface area contributed by atoms with Crippen molar-refractivity contribution in [1.82, 2.24) is 0 Å². The van der Waals surface area contributed by atoms with Crippen molar-refractivity contribution in [1.29, 1.82) is 0 Å². The van der Waals surface area contributed by atoms with Crippen LogP contribution in [0, 0.1) is 12.3 Å². The van der Waals surface area contributed by atoms with Gasteiger partial charge in [0.05, 0.1) is 12.2 Å². The lowest BCUT2D eigenvalue weighted by Crippen LogP contribution is -1.98. The Morgan fingerprint density at radius 1 is 1.29 bits per heavy atom. The first kappa shape index (κ1) is 10.7. The number of terminal acetylenes is 1. The standard InChI is InChI=1S/C13H16O/c1-3-5-8-11-14-13-10-7-6-9-12(13)4-2/h2,6-7,9-10H,3,5,8,11H2,1H3. The molecule has 1 aromatic rings. The number of para-hydroxylation sites is 1. The number of benzene rings is 1. The minimum Gasteiger partial charge on any atom is -0.492 e. The fourth-order valence-electron chi connectivity index (χ4n) is 1.25. The predicted molar refractivity (Wildman–Crippen MR) is 59.4 cm³/mol. The summed E-state index contributed by atoms with van der Waals surface area (Å²) in [5.74, 6) is 3.44. The van der Waals surface area contributed by atoms with E-state index in [2.05, 4.69) is 12.8 Å². The second-order valence-corrected chi connectivity index (χ2v) is 3.20. The summed E-state index contributed by atoms with van der Waals surface area (Å²) in [6, 6.07) is 7.68. The van der Waals surface area contributed by atoms with Crippen molar-refractivity contribution in [3.05, 3.63) is 29.8 Å². The number of unbranched alkanes of at least 4 members (excludes halogenated alkanes) is 2. The van der Waals surface area contributed by atoms with Gasteiger partial charge in [-0.15, -0.1) is 6.42 Å². The highest BCUT2D eigenvalue weighted by molar-refractivity contribution is 5.44. The van der Waals surface area contributed by atoms with E-state index in [0.29, 0.717) is 0 Å². The molecule has 0 aliphatic rings. The van der Waals surface area contributed by atoms with Crippen LogP contribution in [0.15, 0.2) is 24.3 Å². The van der Waals surface area contributed by atoms with Gasteiger partial charge in [0, 0.05) is 0 Å². The molecule has 14 heavy (non-hydrogen) atoms. The lowest BCUT2D eigenvalue weighted by atomic mass is 10.2. The summed E-state index contributed by atoms with van der Waals surface area (Å²) in [5, 5.41) is 0. The maximum Gasteiger partial charge on any atom is 0.134 e. The quantitative estimate of drug-likeness (QED) is 0.509. The molecule has 0 unspecified atom stereocenters. The van der Waals surface area contributed by atoms with Gasteiger partial charge in [-0.3, -0.25) is 0 Å². The highest BCUT2D eigenvalue weighted by atomic mass is 16.5. The first-order valence-corrected chi connectivity index (χ1v) is 5.07. The van der Waals surface area contributed by atoms with Crippen molar-refractivity contribution in [2.75, 3.05) is 6.61 Å². The van der Waals surface area contributed by atoms with Crippen molar-refractivity contribution in [3.8, 4) is 18.1 Å². The van der Waals surface area contributed by atoms with Crippen molar-refractivity contribution in [2.24, 2.45) is 0 Å². The van der Waals surface area contributed by atoms with E-state index in [9.17, 15) is 0 Å². The maximum atomic E-state index is 5.59. The fraction of sp³-hybridized carbons (Fsp3) is 0.385. The number of hydrogen-bond acceptors (Lipinski definition) is 1. The third-order valence-corrected chi connectivity index (χ3v) is 2.05. The Hall–Kier alpha value is -1.42. The zero-order chi connectivity index (χ0) is 10.2. The monoisotopic (exact) mass is 188 g/mol. The van der Waals surface area contributed by atoms with Crippen LogP contribution in [0.5, 0.6) is 5.75 Å². The molecule has 74 valence electrons. The third kappa shape index (κ3) is 3.14. The maximum absolute atomic E-state index is 5.59. The molecule has 0 amide bonds. The van der Waals surface area contributed by atoms with E-state index in [-0.39, 0.29) is 0 Å². The van der Waals surface area contributed by atoms with Gasteiger partial charge in [-0.1, -0.05) is 37.8 Å². The minimum atomic E-state index is 0.756. The van der Waals surface area contributed by atoms with E-state index in [0.717, 1.165) is 24.3 Å². The third-order valence-electron chi connectivity index (χ3n) is 2.05. The SMILES string of the molecule is C#Cc1ccccc1OCCCCC. The molecule has 0 aromatic heterocycles. The van der Waals surface area contributed by atoms with Crippen LogP contribution < -0.4 is 4.74 Å². The Morgan fingerprint density at radius 3 is 2.79 bits per heavy atom. The molecule has 0 aliphatic heterocycles. The van der Waals surface area contributed by atoms with Crippen molar-refractivity contribution in [3.63, 3.8) is 0 Å². The van der Waals surface area contributed by atoms with Gasteiger partial charge >= 0.3 is 0 Å². The lowest BCUT2D eigenvalue weighted by molar-refractivity contribution is 0.305. The molecule has 0 spiro atoms. The van der Waals surface area contributed by atoms with Gasteiger partial charge in [-0.25, -0.2) is 0 Å². The molecule has 1 nitrogen and oxygen atoms in total. The zero-order valence-corrected chi connectivity index (χ0v) is 8.62. The zero-order valence-electron chi connectivity index (χ0n) is 8.62. The van der Waals surface area contributed by atoms with Crippen LogP contribution in [0.3, 0.4) is 0 Å². The minimum absolute atomic E-state index is 0.756. The van der Waals surface area contributed by atoms with Gasteiger partial charge in [0.1, 0.15) is 5.75 Å². The van der Waals surface area contributed by atoms with Crippen LogP contribution in [0.1, 0.15) is 31.7 Å². The first-order chi connectivity index (χ1) is 6.88. The van der Waals surface area contributed by atoms with E-state index >= 15 is 0 Å². The molecule has 0 aliphatic carbocycles. The highest BCUT2D eigenvalue weighted by Gasteiger charge is 1.98. The molecule has 1 rings (SSSR count). The molecule has 0 radical (unpaired) electrons. The molecule has 1 aromatic carbocycles. The van der Waals surface area contributed by atoms with Crippen LogP contribution in [0.2, 0.25) is 0 Å². The Bertz CT molecular complexity index is 309. The van der Waals surface area contributed by atoms with Crippen LogP contribution in [-0.2, 0) is 0 Å². The number of ether oxygens (including phenoxy) is 1. The van der Waals surface area contributed by atoms with Crippen LogP contribution >= 0.6 is 0 Å². The summed E-state index contributed by atoms with van der Waals surface area (Å²) in [4.78, 5) is 0. The smallest absolute Gasteiger partial charge is 0.134 e. The molecule has 0 saturated carbocycles. The summed E-state index contributed by atoms with van der Waals surface area (Å²) in [7, 11) is 0. The van der Waals surface area contributed by atoms with Crippen molar-refractivity contribution < 1.29 is 4.74 Å². The molecule has 0 fully saturated rings. The fourth-order valence-corrected chi connectivity index (χ4v) is 1.25. The molecular weight excluding hydrogens is 172 g/mol. The van der Waals surface area contributed by atoms with Crippen LogP contribution in [0.25, 0.3) is 0 Å². The van der Waals surface area contributed by atoms with E-state index in [1.54, 1.807) is 0 Å². The number of hydrogen-bond donors (Lipinski definition) is 0. The second kappa shape index (κ2) is 6.10. The van der Waals surface area contributed by atoms with Crippen LogP contribution in [-0.4, -0.2) is 6.61 Å². The molecule has 0 N–H and O–H groups in total. The topological polar surface area (TPSA) is 9.23 Å². The van der Waals surface area contributed by atoms with Gasteiger partial charge in [0.25, 0.3) is 0 Å². The van der Waals surface area contributed by atoms with Gasteiger partial charge in [0.15, 0.2) is 0 Å². The molecule has 0 bridgehead atoms. The molecule has 1 heteroatoms. The van der Waals surface area contributed by atoms with E-state index in [1.165, 1.54) is 12.8 Å². The average Bonchev–Trinajstić information content (AvgIpc) is 2.25. The summed E-state index contributed by atoms with van der Waals surface area (Å²) in [6.45, 7) is 2.93. The Morgan fingerprint density at radius 2 is 2.07 bits per heavy atom. The summed E-state index contributed by atoms with van der Waals surface area (Å²) < 4.78 is 5.59. The van der Waals surface area contributed by atoms with E-state index in [4.69, 9.17) is 11.2 Å². The summed E-state index contributed by atoms with van der Waals surface area (Å²) in [6.07, 6.45) is 8.86. The van der Waals surface area contributed by atoms with Gasteiger partial charge in [-0.05, 0) is 18.6 Å².